The Morgan fingerprint density at radius 1 is 1.30 bits per heavy atom. The lowest BCUT2D eigenvalue weighted by atomic mass is 10.0. The standard InChI is InChI=1S/C8H20N2/c1-5-10-7-6-8(2,3)9-4/h9-10H,5-7H2,1-4H3. The van der Waals surface area contributed by atoms with Crippen LogP contribution in [0.1, 0.15) is 27.2 Å². The third-order valence-corrected chi connectivity index (χ3v) is 1.85. The van der Waals surface area contributed by atoms with Gasteiger partial charge in [0, 0.05) is 5.54 Å². The maximum atomic E-state index is 3.30. The number of hydrogen-bond donors (Lipinski definition) is 2. The average Bonchev–Trinajstić information content (AvgIpc) is 1.89. The van der Waals surface area contributed by atoms with E-state index in [1.54, 1.807) is 0 Å². The molecular formula is C8H20N2. The van der Waals surface area contributed by atoms with Crippen LogP contribution in [-0.4, -0.2) is 25.7 Å². The molecule has 0 aliphatic carbocycles. The van der Waals surface area contributed by atoms with Crippen LogP contribution in [0.5, 0.6) is 0 Å². The lowest BCUT2D eigenvalue weighted by molar-refractivity contribution is 0.385. The minimum absolute atomic E-state index is 0.280. The molecule has 0 rings (SSSR count). The van der Waals surface area contributed by atoms with Gasteiger partial charge in [-0.3, -0.25) is 0 Å². The van der Waals surface area contributed by atoms with Crippen molar-refractivity contribution >= 4 is 0 Å². The Kier molecular flexibility index (Phi) is 4.65. The van der Waals surface area contributed by atoms with E-state index in [0.29, 0.717) is 0 Å². The van der Waals surface area contributed by atoms with Gasteiger partial charge in [-0.25, -0.2) is 0 Å². The Bertz CT molecular complexity index is 79.3. The highest BCUT2D eigenvalue weighted by Gasteiger charge is 2.12. The van der Waals surface area contributed by atoms with Crippen molar-refractivity contribution in [1.82, 2.24) is 10.6 Å². The fraction of sp³-hybridized carbons (Fsp3) is 1.00. The van der Waals surface area contributed by atoms with Gasteiger partial charge >= 0.3 is 0 Å². The monoisotopic (exact) mass is 144 g/mol. The molecule has 0 atom stereocenters. The van der Waals surface area contributed by atoms with Crippen molar-refractivity contribution in [3.8, 4) is 0 Å². The van der Waals surface area contributed by atoms with E-state index in [0.717, 1.165) is 13.1 Å². The minimum atomic E-state index is 0.280. The molecule has 2 nitrogen and oxygen atoms in total. The van der Waals surface area contributed by atoms with E-state index in [1.165, 1.54) is 6.42 Å². The summed E-state index contributed by atoms with van der Waals surface area (Å²) in [5, 5.41) is 6.56. The first kappa shape index (κ1) is 9.92. The summed E-state index contributed by atoms with van der Waals surface area (Å²) in [4.78, 5) is 0. The second kappa shape index (κ2) is 4.69. The fourth-order valence-corrected chi connectivity index (χ4v) is 0.703. The van der Waals surface area contributed by atoms with Gasteiger partial charge in [-0.05, 0) is 40.4 Å². The highest BCUT2D eigenvalue weighted by atomic mass is 14.9. The van der Waals surface area contributed by atoms with Crippen molar-refractivity contribution in [1.29, 1.82) is 0 Å². The Hall–Kier alpha value is -0.0800. The first-order valence-electron chi connectivity index (χ1n) is 4.02. The summed E-state index contributed by atoms with van der Waals surface area (Å²) < 4.78 is 0. The normalized spacial score (nSPS) is 12.0. The van der Waals surface area contributed by atoms with E-state index in [9.17, 15) is 0 Å². The lowest BCUT2D eigenvalue weighted by Gasteiger charge is -2.23. The molecule has 0 bridgehead atoms. The quantitative estimate of drug-likeness (QED) is 0.562. The molecule has 0 aliphatic heterocycles. The highest BCUT2D eigenvalue weighted by molar-refractivity contribution is 4.75. The summed E-state index contributed by atoms with van der Waals surface area (Å²) in [5.41, 5.74) is 0.280. The van der Waals surface area contributed by atoms with Gasteiger partial charge in [0.25, 0.3) is 0 Å². The molecule has 0 aliphatic rings. The second-order valence-corrected chi connectivity index (χ2v) is 3.24. The second-order valence-electron chi connectivity index (χ2n) is 3.24. The molecule has 0 saturated heterocycles. The van der Waals surface area contributed by atoms with Gasteiger partial charge in [0.2, 0.25) is 0 Å². The molecule has 10 heavy (non-hydrogen) atoms. The zero-order valence-corrected chi connectivity index (χ0v) is 7.62. The van der Waals surface area contributed by atoms with Crippen LogP contribution >= 0.6 is 0 Å². The SMILES string of the molecule is CCNCCC(C)(C)NC. The van der Waals surface area contributed by atoms with Crippen LogP contribution in [0.2, 0.25) is 0 Å². The summed E-state index contributed by atoms with van der Waals surface area (Å²) in [6, 6.07) is 0. The number of hydrogen-bond acceptors (Lipinski definition) is 2. The maximum Gasteiger partial charge on any atom is 0.0134 e. The van der Waals surface area contributed by atoms with Gasteiger partial charge in [0.1, 0.15) is 0 Å². The molecule has 0 radical (unpaired) electrons. The molecule has 2 N–H and O–H groups in total. The van der Waals surface area contributed by atoms with Crippen LogP contribution in [0.15, 0.2) is 0 Å². The molecule has 0 fully saturated rings. The zero-order valence-electron chi connectivity index (χ0n) is 7.62. The van der Waals surface area contributed by atoms with Crippen LogP contribution in [0.4, 0.5) is 0 Å². The van der Waals surface area contributed by atoms with E-state index in [-0.39, 0.29) is 5.54 Å². The van der Waals surface area contributed by atoms with E-state index >= 15 is 0 Å². The molecule has 0 aromatic heterocycles. The van der Waals surface area contributed by atoms with Crippen molar-refractivity contribution in [2.45, 2.75) is 32.7 Å². The number of rotatable bonds is 5. The van der Waals surface area contributed by atoms with E-state index < -0.39 is 0 Å². The summed E-state index contributed by atoms with van der Waals surface area (Å²) in [6.07, 6.45) is 1.18. The average molecular weight is 144 g/mol. The van der Waals surface area contributed by atoms with Crippen molar-refractivity contribution in [2.75, 3.05) is 20.1 Å². The molecule has 2 heteroatoms. The predicted octanol–water partition coefficient (Wildman–Crippen LogP) is 0.984. The third kappa shape index (κ3) is 4.77. The minimum Gasteiger partial charge on any atom is -0.317 e. The van der Waals surface area contributed by atoms with E-state index in [2.05, 4.69) is 31.4 Å². The van der Waals surface area contributed by atoms with Crippen molar-refractivity contribution in [3.63, 3.8) is 0 Å². The Morgan fingerprint density at radius 3 is 2.30 bits per heavy atom. The molecule has 0 amide bonds. The molecule has 62 valence electrons. The van der Waals surface area contributed by atoms with Crippen molar-refractivity contribution in [3.05, 3.63) is 0 Å². The van der Waals surface area contributed by atoms with Crippen molar-refractivity contribution in [2.24, 2.45) is 0 Å². The molecule has 0 spiro atoms. The van der Waals surface area contributed by atoms with Gasteiger partial charge in [-0.2, -0.15) is 0 Å². The summed E-state index contributed by atoms with van der Waals surface area (Å²) >= 11 is 0. The summed E-state index contributed by atoms with van der Waals surface area (Å²) in [7, 11) is 2.01. The molecule has 0 unspecified atom stereocenters. The Morgan fingerprint density at radius 2 is 1.90 bits per heavy atom. The van der Waals surface area contributed by atoms with E-state index in [1.807, 2.05) is 7.05 Å². The van der Waals surface area contributed by atoms with Crippen LogP contribution in [0.25, 0.3) is 0 Å². The first-order valence-corrected chi connectivity index (χ1v) is 4.02. The molecular weight excluding hydrogens is 124 g/mol. The first-order chi connectivity index (χ1) is 4.62. The van der Waals surface area contributed by atoms with Crippen molar-refractivity contribution < 1.29 is 0 Å². The topological polar surface area (TPSA) is 24.1 Å². The Balaban J connectivity index is 3.28. The number of nitrogens with one attached hydrogen (secondary N) is 2. The van der Waals surface area contributed by atoms with Gasteiger partial charge in [0.05, 0.1) is 0 Å². The molecule has 0 aromatic carbocycles. The van der Waals surface area contributed by atoms with Gasteiger partial charge in [-0.15, -0.1) is 0 Å². The maximum absolute atomic E-state index is 3.30. The summed E-state index contributed by atoms with van der Waals surface area (Å²) in [6.45, 7) is 8.73. The molecule has 0 saturated carbocycles. The lowest BCUT2D eigenvalue weighted by Crippen LogP contribution is -2.39. The predicted molar refractivity (Wildman–Crippen MR) is 46.3 cm³/mol. The van der Waals surface area contributed by atoms with Crippen LogP contribution in [0, 0.1) is 0 Å². The van der Waals surface area contributed by atoms with Gasteiger partial charge < -0.3 is 10.6 Å². The largest absolute Gasteiger partial charge is 0.317 e. The highest BCUT2D eigenvalue weighted by Crippen LogP contribution is 2.04. The fourth-order valence-electron chi connectivity index (χ4n) is 0.703. The summed E-state index contributed by atoms with van der Waals surface area (Å²) in [5.74, 6) is 0. The Labute approximate surface area is 64.4 Å². The van der Waals surface area contributed by atoms with Crippen LogP contribution < -0.4 is 10.6 Å². The zero-order chi connectivity index (χ0) is 8.04. The smallest absolute Gasteiger partial charge is 0.0134 e. The van der Waals surface area contributed by atoms with Crippen LogP contribution in [0.3, 0.4) is 0 Å². The van der Waals surface area contributed by atoms with Gasteiger partial charge in [0.15, 0.2) is 0 Å². The van der Waals surface area contributed by atoms with E-state index in [4.69, 9.17) is 0 Å². The van der Waals surface area contributed by atoms with Gasteiger partial charge in [-0.1, -0.05) is 6.92 Å². The third-order valence-electron chi connectivity index (χ3n) is 1.85. The molecule has 0 heterocycles. The van der Waals surface area contributed by atoms with Crippen LogP contribution in [-0.2, 0) is 0 Å². The molecule has 0 aromatic rings.